The summed E-state index contributed by atoms with van der Waals surface area (Å²) in [6, 6.07) is -0.0893. The lowest BCUT2D eigenvalue weighted by molar-refractivity contribution is 0.618. The van der Waals surface area contributed by atoms with Gasteiger partial charge in [0.15, 0.2) is 5.15 Å². The molecule has 1 aromatic heterocycles. The quantitative estimate of drug-likeness (QED) is 0.607. The van der Waals surface area contributed by atoms with Gasteiger partial charge in [0.2, 0.25) is 0 Å². The average Bonchev–Trinajstić information content (AvgIpc) is 2.13. The highest BCUT2D eigenvalue weighted by atomic mass is 79.9. The monoisotopic (exact) mass is 262 g/mol. The Morgan fingerprint density at radius 2 is 2.46 bits per heavy atom. The average molecular weight is 264 g/mol. The highest BCUT2D eigenvalue weighted by Crippen LogP contribution is 2.15. The summed E-state index contributed by atoms with van der Waals surface area (Å²) in [5, 5.41) is 0.178. The number of hydrogen-bond donors (Lipinski definition) is 0. The van der Waals surface area contributed by atoms with E-state index in [0.29, 0.717) is 0 Å². The summed E-state index contributed by atoms with van der Waals surface area (Å²) in [7, 11) is 0. The van der Waals surface area contributed by atoms with Gasteiger partial charge in [-0.15, -0.1) is 6.58 Å². The molecule has 0 aliphatic carbocycles. The van der Waals surface area contributed by atoms with Crippen LogP contribution in [0.1, 0.15) is 13.0 Å². The Labute approximate surface area is 89.2 Å². The fourth-order valence-electron chi connectivity index (χ4n) is 0.827. The lowest BCUT2D eigenvalue weighted by Gasteiger charge is -2.09. The van der Waals surface area contributed by atoms with Gasteiger partial charge in [0.25, 0.3) is 5.56 Å². The van der Waals surface area contributed by atoms with E-state index in [9.17, 15) is 4.79 Å². The number of allylic oxidation sites excluding steroid dienone is 1. The minimum absolute atomic E-state index is 0.0893. The summed E-state index contributed by atoms with van der Waals surface area (Å²) >= 11 is 8.70. The Balaban J connectivity index is 3.34. The molecule has 1 atom stereocenters. The molecule has 1 rings (SSSR count). The molecule has 0 aromatic carbocycles. The Morgan fingerprint density at radius 1 is 1.85 bits per heavy atom. The highest BCUT2D eigenvalue weighted by Gasteiger charge is 2.09. The van der Waals surface area contributed by atoms with Gasteiger partial charge >= 0.3 is 0 Å². The predicted molar refractivity (Wildman–Crippen MR) is 56.1 cm³/mol. The zero-order valence-corrected chi connectivity index (χ0v) is 9.34. The molecule has 0 radical (unpaired) electrons. The third kappa shape index (κ3) is 2.00. The van der Waals surface area contributed by atoms with Crippen molar-refractivity contribution in [2.75, 3.05) is 0 Å². The molecule has 0 amide bonds. The standard InChI is InChI=1S/C8H8BrClN2O/c1-3-5(2)12-4-11-7(10)6(9)8(12)13/h3-5H,1H2,2H3. The fraction of sp³-hybridized carbons (Fsp3) is 0.250. The molecule has 70 valence electrons. The van der Waals surface area contributed by atoms with E-state index in [4.69, 9.17) is 11.6 Å². The lowest BCUT2D eigenvalue weighted by atomic mass is 10.3. The third-order valence-electron chi connectivity index (χ3n) is 1.68. The number of aromatic nitrogens is 2. The Morgan fingerprint density at radius 3 is 3.00 bits per heavy atom. The van der Waals surface area contributed by atoms with E-state index in [1.165, 1.54) is 10.9 Å². The van der Waals surface area contributed by atoms with E-state index in [0.717, 1.165) is 0 Å². The number of rotatable bonds is 2. The Kier molecular flexibility index (Phi) is 3.27. The van der Waals surface area contributed by atoms with E-state index in [2.05, 4.69) is 27.5 Å². The van der Waals surface area contributed by atoms with Crippen LogP contribution in [-0.2, 0) is 0 Å². The first-order valence-corrected chi connectivity index (χ1v) is 4.79. The van der Waals surface area contributed by atoms with Crippen LogP contribution in [-0.4, -0.2) is 9.55 Å². The van der Waals surface area contributed by atoms with Crippen molar-refractivity contribution in [1.29, 1.82) is 0 Å². The molecule has 0 saturated heterocycles. The number of halogens is 2. The molecule has 3 nitrogen and oxygen atoms in total. The first-order chi connectivity index (χ1) is 6.07. The van der Waals surface area contributed by atoms with E-state index in [1.54, 1.807) is 6.08 Å². The largest absolute Gasteiger partial charge is 0.291 e. The number of hydrogen-bond acceptors (Lipinski definition) is 2. The molecule has 13 heavy (non-hydrogen) atoms. The SMILES string of the molecule is C=CC(C)n1cnc(Cl)c(Br)c1=O. The van der Waals surface area contributed by atoms with Gasteiger partial charge in [-0.2, -0.15) is 0 Å². The van der Waals surface area contributed by atoms with Crippen molar-refractivity contribution < 1.29 is 0 Å². The summed E-state index contributed by atoms with van der Waals surface area (Å²) in [6.07, 6.45) is 3.06. The van der Waals surface area contributed by atoms with Gasteiger partial charge in [0.1, 0.15) is 4.47 Å². The van der Waals surface area contributed by atoms with Crippen molar-refractivity contribution in [3.05, 3.63) is 39.0 Å². The molecule has 0 N–H and O–H groups in total. The molecule has 0 fully saturated rings. The van der Waals surface area contributed by atoms with E-state index < -0.39 is 0 Å². The van der Waals surface area contributed by atoms with Crippen LogP contribution >= 0.6 is 27.5 Å². The van der Waals surface area contributed by atoms with Crippen molar-refractivity contribution in [2.24, 2.45) is 0 Å². The molecule has 5 heteroatoms. The summed E-state index contributed by atoms with van der Waals surface area (Å²) in [6.45, 7) is 5.44. The fourth-order valence-corrected chi connectivity index (χ4v) is 1.26. The Hall–Kier alpha value is -0.610. The second-order valence-electron chi connectivity index (χ2n) is 2.54. The topological polar surface area (TPSA) is 34.9 Å². The van der Waals surface area contributed by atoms with Crippen LogP contribution in [0.3, 0.4) is 0 Å². The predicted octanol–water partition coefficient (Wildman–Crippen LogP) is 2.41. The molecular weight excluding hydrogens is 255 g/mol. The van der Waals surface area contributed by atoms with E-state index in [-0.39, 0.29) is 21.2 Å². The summed E-state index contributed by atoms with van der Waals surface area (Å²) < 4.78 is 1.73. The smallest absolute Gasteiger partial charge is 0.269 e. The maximum atomic E-state index is 11.5. The van der Waals surface area contributed by atoms with Crippen molar-refractivity contribution in [1.82, 2.24) is 9.55 Å². The lowest BCUT2D eigenvalue weighted by Crippen LogP contribution is -2.23. The van der Waals surface area contributed by atoms with Gasteiger partial charge < -0.3 is 0 Å². The Bertz CT molecular complexity index is 388. The minimum atomic E-state index is -0.201. The van der Waals surface area contributed by atoms with E-state index >= 15 is 0 Å². The van der Waals surface area contributed by atoms with Crippen LogP contribution in [0, 0.1) is 0 Å². The molecule has 0 bridgehead atoms. The number of nitrogens with zero attached hydrogens (tertiary/aromatic N) is 2. The van der Waals surface area contributed by atoms with Crippen molar-refractivity contribution in [3.63, 3.8) is 0 Å². The van der Waals surface area contributed by atoms with Crippen LogP contribution < -0.4 is 5.56 Å². The molecule has 0 spiro atoms. The van der Waals surface area contributed by atoms with Crippen LogP contribution in [0.2, 0.25) is 5.15 Å². The van der Waals surface area contributed by atoms with Crippen LogP contribution in [0.5, 0.6) is 0 Å². The van der Waals surface area contributed by atoms with Crippen LogP contribution in [0.15, 0.2) is 28.2 Å². The zero-order chi connectivity index (χ0) is 10.0. The molecule has 1 aromatic rings. The molecule has 0 aliphatic heterocycles. The summed E-state index contributed by atoms with van der Waals surface area (Å²) in [5.41, 5.74) is -0.201. The second kappa shape index (κ2) is 4.07. The highest BCUT2D eigenvalue weighted by molar-refractivity contribution is 9.10. The van der Waals surface area contributed by atoms with Crippen molar-refractivity contribution >= 4 is 27.5 Å². The first kappa shape index (κ1) is 10.5. The molecule has 0 saturated carbocycles. The maximum absolute atomic E-state index is 11.5. The van der Waals surface area contributed by atoms with Gasteiger partial charge in [-0.3, -0.25) is 9.36 Å². The van der Waals surface area contributed by atoms with Crippen molar-refractivity contribution in [3.8, 4) is 0 Å². The van der Waals surface area contributed by atoms with Gasteiger partial charge in [0, 0.05) is 0 Å². The van der Waals surface area contributed by atoms with Gasteiger partial charge in [-0.05, 0) is 22.9 Å². The summed E-state index contributed by atoms with van der Waals surface area (Å²) in [4.78, 5) is 15.4. The summed E-state index contributed by atoms with van der Waals surface area (Å²) in [5.74, 6) is 0. The molecule has 0 aliphatic rings. The molecular formula is C8H8BrClN2O. The van der Waals surface area contributed by atoms with Crippen LogP contribution in [0.4, 0.5) is 0 Å². The normalized spacial score (nSPS) is 12.5. The minimum Gasteiger partial charge on any atom is -0.291 e. The van der Waals surface area contributed by atoms with Crippen molar-refractivity contribution in [2.45, 2.75) is 13.0 Å². The van der Waals surface area contributed by atoms with E-state index in [1.807, 2.05) is 6.92 Å². The maximum Gasteiger partial charge on any atom is 0.269 e. The van der Waals surface area contributed by atoms with Crippen LogP contribution in [0.25, 0.3) is 0 Å². The molecule has 1 heterocycles. The molecule has 1 unspecified atom stereocenters. The second-order valence-corrected chi connectivity index (χ2v) is 3.69. The third-order valence-corrected chi connectivity index (χ3v) is 2.91. The zero-order valence-electron chi connectivity index (χ0n) is 7.00. The van der Waals surface area contributed by atoms with Gasteiger partial charge in [-0.25, -0.2) is 4.98 Å². The van der Waals surface area contributed by atoms with Gasteiger partial charge in [0.05, 0.1) is 12.4 Å². The van der Waals surface area contributed by atoms with Gasteiger partial charge in [-0.1, -0.05) is 17.7 Å². The first-order valence-electron chi connectivity index (χ1n) is 3.62.